The molecule has 0 radical (unpaired) electrons. The highest BCUT2D eigenvalue weighted by Gasteiger charge is 2.31. The van der Waals surface area contributed by atoms with Gasteiger partial charge in [-0.25, -0.2) is 0 Å². The molecule has 0 aliphatic heterocycles. The van der Waals surface area contributed by atoms with E-state index in [1.165, 1.54) is 0 Å². The zero-order valence-electron chi connectivity index (χ0n) is 10.6. The summed E-state index contributed by atoms with van der Waals surface area (Å²) in [6, 6.07) is 4.23. The van der Waals surface area contributed by atoms with Crippen molar-refractivity contribution >= 4 is 5.95 Å². The first-order valence-corrected chi connectivity index (χ1v) is 5.89. The fourth-order valence-electron chi connectivity index (χ4n) is 1.73. The van der Waals surface area contributed by atoms with Gasteiger partial charge >= 0.3 is 0 Å². The maximum absolute atomic E-state index is 8.70. The van der Waals surface area contributed by atoms with Crippen molar-refractivity contribution in [1.82, 2.24) is 9.97 Å². The summed E-state index contributed by atoms with van der Waals surface area (Å²) in [6.07, 6.45) is 2.70. The van der Waals surface area contributed by atoms with Gasteiger partial charge in [0.2, 0.25) is 17.7 Å². The number of ether oxygens (including phenoxy) is 2. The molecule has 1 aromatic heterocycles. The Morgan fingerprint density at radius 1 is 1.33 bits per heavy atom. The molecule has 6 heteroatoms. The monoisotopic (exact) mass is 248 g/mol. The van der Waals surface area contributed by atoms with Crippen LogP contribution in [-0.2, 0) is 0 Å². The van der Waals surface area contributed by atoms with Gasteiger partial charge in [-0.1, -0.05) is 0 Å². The molecule has 1 aliphatic rings. The standard InChI is InChI=1S/C12H16N4O2/c1-17-10-8-11(18-2)15-12(14-10)16(7-3-6-13)9-4-5-9/h8-9H,3-5,7H2,1-2H3. The number of hydrogen-bond acceptors (Lipinski definition) is 6. The van der Waals surface area contributed by atoms with E-state index in [9.17, 15) is 0 Å². The number of methoxy groups -OCH3 is 2. The molecule has 96 valence electrons. The lowest BCUT2D eigenvalue weighted by Crippen LogP contribution is -2.28. The number of nitrogens with zero attached hydrogens (tertiary/aromatic N) is 4. The molecule has 2 rings (SSSR count). The SMILES string of the molecule is COc1cc(OC)nc(N(CCC#N)C2CC2)n1. The quantitative estimate of drug-likeness (QED) is 0.757. The van der Waals surface area contributed by atoms with Crippen molar-refractivity contribution in [2.75, 3.05) is 25.7 Å². The molecule has 0 amide bonds. The van der Waals surface area contributed by atoms with E-state index in [2.05, 4.69) is 16.0 Å². The molecule has 1 fully saturated rings. The van der Waals surface area contributed by atoms with E-state index < -0.39 is 0 Å². The summed E-state index contributed by atoms with van der Waals surface area (Å²) in [6.45, 7) is 0.636. The Labute approximate surface area is 106 Å². The molecule has 18 heavy (non-hydrogen) atoms. The second-order valence-corrected chi connectivity index (χ2v) is 4.09. The topological polar surface area (TPSA) is 71.3 Å². The van der Waals surface area contributed by atoms with Crippen LogP contribution in [0.4, 0.5) is 5.95 Å². The average Bonchev–Trinajstić information content (AvgIpc) is 3.23. The zero-order chi connectivity index (χ0) is 13.0. The van der Waals surface area contributed by atoms with Crippen molar-refractivity contribution in [2.24, 2.45) is 0 Å². The zero-order valence-corrected chi connectivity index (χ0v) is 10.6. The molecule has 0 spiro atoms. The average molecular weight is 248 g/mol. The minimum atomic E-state index is 0.440. The number of aromatic nitrogens is 2. The number of rotatable bonds is 6. The van der Waals surface area contributed by atoms with Gasteiger partial charge < -0.3 is 14.4 Å². The van der Waals surface area contributed by atoms with Crippen LogP contribution in [0.1, 0.15) is 19.3 Å². The summed E-state index contributed by atoms with van der Waals surface area (Å²) < 4.78 is 10.3. The van der Waals surface area contributed by atoms with E-state index in [-0.39, 0.29) is 0 Å². The normalized spacial score (nSPS) is 13.8. The van der Waals surface area contributed by atoms with Crippen molar-refractivity contribution in [2.45, 2.75) is 25.3 Å². The fourth-order valence-corrected chi connectivity index (χ4v) is 1.73. The third-order valence-corrected chi connectivity index (χ3v) is 2.79. The Morgan fingerprint density at radius 3 is 2.39 bits per heavy atom. The second-order valence-electron chi connectivity index (χ2n) is 4.09. The molecule has 0 saturated heterocycles. The molecule has 0 aromatic carbocycles. The van der Waals surface area contributed by atoms with Crippen molar-refractivity contribution in [3.8, 4) is 17.8 Å². The maximum Gasteiger partial charge on any atom is 0.232 e. The highest BCUT2D eigenvalue weighted by Crippen LogP contribution is 2.31. The van der Waals surface area contributed by atoms with Gasteiger partial charge in [0.15, 0.2) is 0 Å². The van der Waals surface area contributed by atoms with Gasteiger partial charge in [-0.3, -0.25) is 0 Å². The van der Waals surface area contributed by atoms with Crippen LogP contribution in [0, 0.1) is 11.3 Å². The molecule has 1 aliphatic carbocycles. The summed E-state index contributed by atoms with van der Waals surface area (Å²) in [7, 11) is 3.12. The van der Waals surface area contributed by atoms with E-state index in [0.29, 0.717) is 36.7 Å². The Balaban J connectivity index is 2.25. The highest BCUT2D eigenvalue weighted by molar-refractivity contribution is 5.39. The van der Waals surface area contributed by atoms with Gasteiger partial charge in [-0.15, -0.1) is 0 Å². The second kappa shape index (κ2) is 5.54. The minimum Gasteiger partial charge on any atom is -0.481 e. The van der Waals surface area contributed by atoms with Crippen LogP contribution in [0.5, 0.6) is 11.8 Å². The van der Waals surface area contributed by atoms with Gasteiger partial charge in [-0.2, -0.15) is 15.2 Å². The molecule has 1 heterocycles. The van der Waals surface area contributed by atoms with Crippen LogP contribution in [0.15, 0.2) is 6.07 Å². The van der Waals surface area contributed by atoms with E-state index in [0.717, 1.165) is 12.8 Å². The summed E-state index contributed by atoms with van der Waals surface area (Å²) in [4.78, 5) is 10.7. The lowest BCUT2D eigenvalue weighted by molar-refractivity contribution is 0.371. The van der Waals surface area contributed by atoms with Crippen LogP contribution >= 0.6 is 0 Å². The summed E-state index contributed by atoms with van der Waals surface area (Å²) in [5, 5.41) is 8.70. The fraction of sp³-hybridized carbons (Fsp3) is 0.583. The molecule has 6 nitrogen and oxygen atoms in total. The smallest absolute Gasteiger partial charge is 0.232 e. The largest absolute Gasteiger partial charge is 0.481 e. The highest BCUT2D eigenvalue weighted by atomic mass is 16.5. The van der Waals surface area contributed by atoms with Crippen LogP contribution in [0.3, 0.4) is 0 Å². The van der Waals surface area contributed by atoms with Crippen LogP contribution in [0.2, 0.25) is 0 Å². The van der Waals surface area contributed by atoms with Crippen LogP contribution in [0.25, 0.3) is 0 Å². The van der Waals surface area contributed by atoms with E-state index in [1.54, 1.807) is 20.3 Å². The Bertz CT molecular complexity index is 432. The molecule has 0 atom stereocenters. The van der Waals surface area contributed by atoms with Crippen molar-refractivity contribution in [3.05, 3.63) is 6.07 Å². The molecule has 1 saturated carbocycles. The van der Waals surface area contributed by atoms with E-state index >= 15 is 0 Å². The molecule has 0 N–H and O–H groups in total. The number of nitriles is 1. The number of anilines is 1. The first-order chi connectivity index (χ1) is 8.78. The third-order valence-electron chi connectivity index (χ3n) is 2.79. The first-order valence-electron chi connectivity index (χ1n) is 5.89. The van der Waals surface area contributed by atoms with E-state index in [4.69, 9.17) is 14.7 Å². The number of hydrogen-bond donors (Lipinski definition) is 0. The minimum absolute atomic E-state index is 0.440. The van der Waals surface area contributed by atoms with Gasteiger partial charge in [0, 0.05) is 12.6 Å². The van der Waals surface area contributed by atoms with Gasteiger partial charge in [0.05, 0.1) is 32.8 Å². The predicted octanol–water partition coefficient (Wildman–Crippen LogP) is 1.38. The van der Waals surface area contributed by atoms with Crippen molar-refractivity contribution in [3.63, 3.8) is 0 Å². The van der Waals surface area contributed by atoms with Crippen molar-refractivity contribution < 1.29 is 9.47 Å². The van der Waals surface area contributed by atoms with Crippen LogP contribution in [-0.4, -0.2) is 36.8 Å². The molecule has 0 unspecified atom stereocenters. The van der Waals surface area contributed by atoms with E-state index in [1.807, 2.05) is 4.90 Å². The maximum atomic E-state index is 8.70. The molecular weight excluding hydrogens is 232 g/mol. The Morgan fingerprint density at radius 2 is 1.94 bits per heavy atom. The van der Waals surface area contributed by atoms with Crippen molar-refractivity contribution in [1.29, 1.82) is 5.26 Å². The molecule has 0 bridgehead atoms. The molecular formula is C12H16N4O2. The van der Waals surface area contributed by atoms with Gasteiger partial charge in [-0.05, 0) is 12.8 Å². The van der Waals surface area contributed by atoms with Gasteiger partial charge in [0.25, 0.3) is 0 Å². The summed E-state index contributed by atoms with van der Waals surface area (Å²) >= 11 is 0. The third kappa shape index (κ3) is 2.80. The summed E-state index contributed by atoms with van der Waals surface area (Å²) in [5.41, 5.74) is 0. The lowest BCUT2D eigenvalue weighted by Gasteiger charge is -2.21. The lowest BCUT2D eigenvalue weighted by atomic mass is 10.4. The first kappa shape index (κ1) is 12.4. The molecule has 1 aromatic rings. The van der Waals surface area contributed by atoms with Gasteiger partial charge in [0.1, 0.15) is 0 Å². The Hall–Kier alpha value is -2.03. The van der Waals surface area contributed by atoms with Crippen LogP contribution < -0.4 is 14.4 Å². The Kier molecular flexibility index (Phi) is 3.82. The predicted molar refractivity (Wildman–Crippen MR) is 65.7 cm³/mol. The summed E-state index contributed by atoms with van der Waals surface area (Å²) in [5.74, 6) is 1.52.